The number of rotatable bonds is 9. The van der Waals surface area contributed by atoms with Crippen LogP contribution in [-0.2, 0) is 24.5 Å². The van der Waals surface area contributed by atoms with Crippen molar-refractivity contribution in [3.05, 3.63) is 29.8 Å². The third-order valence-corrected chi connectivity index (χ3v) is 5.10. The third-order valence-electron chi connectivity index (χ3n) is 2.65. The number of carbonyl (C=O) groups is 1. The van der Waals surface area contributed by atoms with Crippen LogP contribution in [0.3, 0.4) is 0 Å². The van der Waals surface area contributed by atoms with Gasteiger partial charge in [0.25, 0.3) is 0 Å². The van der Waals surface area contributed by atoms with Crippen LogP contribution in [0.4, 0.5) is 0 Å². The fraction of sp³-hybridized carbons (Fsp3) is 0.462. The van der Waals surface area contributed by atoms with E-state index in [1.165, 1.54) is 24.3 Å². The number of sulfonamides is 1. The third kappa shape index (κ3) is 5.90. The topological polar surface area (TPSA) is 119 Å². The average Bonchev–Trinajstić information content (AvgIpc) is 2.50. The van der Waals surface area contributed by atoms with Gasteiger partial charge < -0.3 is 4.18 Å². The van der Waals surface area contributed by atoms with E-state index >= 15 is 0 Å². The molecule has 0 bridgehead atoms. The normalized spacial score (nSPS) is 12.1. The summed E-state index contributed by atoms with van der Waals surface area (Å²) in [5.41, 5.74) is -0.349. The predicted octanol–water partition coefficient (Wildman–Crippen LogP) is 0.776. The summed E-state index contributed by atoms with van der Waals surface area (Å²) in [6.45, 7) is 3.83. The maximum atomic E-state index is 12.2. The number of benzene rings is 1. The van der Waals surface area contributed by atoms with Crippen LogP contribution in [0, 0.1) is 0 Å². The van der Waals surface area contributed by atoms with Gasteiger partial charge in [0.2, 0.25) is 10.0 Å². The van der Waals surface area contributed by atoms with Crippen molar-refractivity contribution in [3.8, 4) is 0 Å². The quantitative estimate of drug-likeness (QED) is 0.668. The highest BCUT2D eigenvalue weighted by Gasteiger charge is 2.25. The molecular weight excluding hydrogens is 344 g/mol. The first-order chi connectivity index (χ1) is 10.7. The van der Waals surface area contributed by atoms with Crippen LogP contribution in [0.2, 0.25) is 0 Å². The summed E-state index contributed by atoms with van der Waals surface area (Å²) >= 11 is 0. The summed E-state index contributed by atoms with van der Waals surface area (Å²) in [7, 11) is -8.22. The first-order valence-electron chi connectivity index (χ1n) is 7.05. The standard InChI is InChI=1S/C13H20N2O6S2/c1-3-9-14-22(17,18)12-8-6-5-7-11(12)13(16)21-23(19,20)15-10-4-2/h5-8,14-15H,3-4,9-10H2,1-2H3. The second-order valence-electron chi connectivity index (χ2n) is 4.61. The van der Waals surface area contributed by atoms with E-state index in [1.807, 2.05) is 0 Å². The van der Waals surface area contributed by atoms with Crippen molar-refractivity contribution in [1.29, 1.82) is 0 Å². The molecule has 0 unspecified atom stereocenters. The minimum Gasteiger partial charge on any atom is -0.329 e. The predicted molar refractivity (Wildman–Crippen MR) is 84.6 cm³/mol. The van der Waals surface area contributed by atoms with E-state index in [0.29, 0.717) is 12.8 Å². The zero-order valence-electron chi connectivity index (χ0n) is 12.9. The van der Waals surface area contributed by atoms with Gasteiger partial charge in [0.1, 0.15) is 0 Å². The Labute approximate surface area is 136 Å². The van der Waals surface area contributed by atoms with Crippen LogP contribution in [0.25, 0.3) is 0 Å². The SMILES string of the molecule is CCCNS(=O)(=O)OC(=O)c1ccccc1S(=O)(=O)NCCC. The Balaban J connectivity index is 3.08. The van der Waals surface area contributed by atoms with Crippen LogP contribution in [0.15, 0.2) is 29.2 Å². The summed E-state index contributed by atoms with van der Waals surface area (Å²) in [4.78, 5) is 11.7. The molecule has 0 amide bonds. The molecule has 0 saturated carbocycles. The second-order valence-corrected chi connectivity index (χ2v) is 7.71. The molecule has 1 aromatic rings. The molecule has 0 aliphatic rings. The second kappa shape index (κ2) is 8.39. The molecule has 8 nitrogen and oxygen atoms in total. The fourth-order valence-corrected chi connectivity index (χ4v) is 3.71. The lowest BCUT2D eigenvalue weighted by atomic mass is 10.2. The molecular formula is C13H20N2O6S2. The minimum atomic E-state index is -4.29. The van der Waals surface area contributed by atoms with Gasteiger partial charge in [0.05, 0.1) is 10.5 Å². The molecule has 2 N–H and O–H groups in total. The zero-order chi connectivity index (χ0) is 17.5. The highest BCUT2D eigenvalue weighted by atomic mass is 32.2. The lowest BCUT2D eigenvalue weighted by molar-refractivity contribution is 0.0740. The van der Waals surface area contributed by atoms with Crippen molar-refractivity contribution < 1.29 is 25.8 Å². The summed E-state index contributed by atoms with van der Waals surface area (Å²) in [6, 6.07) is 5.25. The first kappa shape index (κ1) is 19.6. The first-order valence-corrected chi connectivity index (χ1v) is 9.94. The molecule has 0 atom stereocenters. The van der Waals surface area contributed by atoms with E-state index < -0.39 is 26.3 Å². The minimum absolute atomic E-state index is 0.105. The molecule has 1 rings (SSSR count). The molecule has 0 saturated heterocycles. The van der Waals surface area contributed by atoms with Crippen LogP contribution in [-0.4, -0.2) is 35.9 Å². The number of hydrogen-bond donors (Lipinski definition) is 2. The van der Waals surface area contributed by atoms with E-state index in [-0.39, 0.29) is 23.5 Å². The molecule has 130 valence electrons. The maximum Gasteiger partial charge on any atom is 0.385 e. The molecule has 0 aromatic heterocycles. The van der Waals surface area contributed by atoms with Gasteiger partial charge in [-0.25, -0.2) is 17.9 Å². The zero-order valence-corrected chi connectivity index (χ0v) is 14.5. The number of nitrogens with one attached hydrogen (secondary N) is 2. The molecule has 1 aromatic carbocycles. The molecule has 0 spiro atoms. The summed E-state index contributed by atoms with van der Waals surface area (Å²) in [5.74, 6) is -1.26. The average molecular weight is 364 g/mol. The molecule has 0 aliphatic heterocycles. The summed E-state index contributed by atoms with van der Waals surface area (Å²) < 4.78 is 56.3. The molecule has 0 radical (unpaired) electrons. The van der Waals surface area contributed by atoms with Crippen molar-refractivity contribution in [1.82, 2.24) is 9.44 Å². The van der Waals surface area contributed by atoms with E-state index in [0.717, 1.165) is 0 Å². The van der Waals surface area contributed by atoms with Crippen molar-refractivity contribution in [2.24, 2.45) is 0 Å². The Morgan fingerprint density at radius 2 is 1.57 bits per heavy atom. The Hall–Kier alpha value is -1.49. The van der Waals surface area contributed by atoms with Crippen molar-refractivity contribution >= 4 is 26.3 Å². The van der Waals surface area contributed by atoms with Crippen LogP contribution < -0.4 is 9.44 Å². The molecule has 0 fully saturated rings. The lowest BCUT2D eigenvalue weighted by Crippen LogP contribution is -2.30. The van der Waals surface area contributed by atoms with E-state index in [4.69, 9.17) is 0 Å². The van der Waals surface area contributed by atoms with Gasteiger partial charge in [0, 0.05) is 13.1 Å². The Morgan fingerprint density at radius 1 is 1.00 bits per heavy atom. The highest BCUT2D eigenvalue weighted by molar-refractivity contribution is 7.89. The summed E-state index contributed by atoms with van der Waals surface area (Å²) in [5, 5.41) is 0. The monoisotopic (exact) mass is 364 g/mol. The molecule has 0 heterocycles. The van der Waals surface area contributed by atoms with E-state index in [1.54, 1.807) is 13.8 Å². The fourth-order valence-electron chi connectivity index (χ4n) is 1.58. The van der Waals surface area contributed by atoms with Crippen molar-refractivity contribution in [3.63, 3.8) is 0 Å². The van der Waals surface area contributed by atoms with Gasteiger partial charge in [0.15, 0.2) is 0 Å². The van der Waals surface area contributed by atoms with Gasteiger partial charge in [-0.05, 0) is 25.0 Å². The Morgan fingerprint density at radius 3 is 2.17 bits per heavy atom. The van der Waals surface area contributed by atoms with Gasteiger partial charge in [-0.1, -0.05) is 26.0 Å². The molecule has 10 heteroatoms. The van der Waals surface area contributed by atoms with Gasteiger partial charge in [-0.2, -0.15) is 13.1 Å². The lowest BCUT2D eigenvalue weighted by Gasteiger charge is -2.11. The van der Waals surface area contributed by atoms with Crippen molar-refractivity contribution in [2.45, 2.75) is 31.6 Å². The summed E-state index contributed by atoms with van der Waals surface area (Å²) in [6.07, 6.45) is 1.09. The van der Waals surface area contributed by atoms with Crippen LogP contribution in [0.1, 0.15) is 37.0 Å². The van der Waals surface area contributed by atoms with Crippen LogP contribution >= 0.6 is 0 Å². The van der Waals surface area contributed by atoms with Gasteiger partial charge in [-0.15, -0.1) is 0 Å². The largest absolute Gasteiger partial charge is 0.385 e. The van der Waals surface area contributed by atoms with Gasteiger partial charge >= 0.3 is 16.3 Å². The Kier molecular flexibility index (Phi) is 7.13. The van der Waals surface area contributed by atoms with E-state index in [2.05, 4.69) is 13.6 Å². The smallest absolute Gasteiger partial charge is 0.329 e. The molecule has 0 aliphatic carbocycles. The van der Waals surface area contributed by atoms with E-state index in [9.17, 15) is 21.6 Å². The number of hydrogen-bond acceptors (Lipinski definition) is 6. The highest BCUT2D eigenvalue weighted by Crippen LogP contribution is 2.17. The molecule has 23 heavy (non-hydrogen) atoms. The Bertz CT molecular complexity index is 743. The maximum absolute atomic E-state index is 12.2. The van der Waals surface area contributed by atoms with Crippen molar-refractivity contribution in [2.75, 3.05) is 13.1 Å². The van der Waals surface area contributed by atoms with Crippen LogP contribution in [0.5, 0.6) is 0 Å². The van der Waals surface area contributed by atoms with Gasteiger partial charge in [-0.3, -0.25) is 0 Å². The number of carbonyl (C=O) groups excluding carboxylic acids is 1.